The number of aromatic nitrogens is 1. The van der Waals surface area contributed by atoms with Gasteiger partial charge in [0.15, 0.2) is 17.1 Å². The van der Waals surface area contributed by atoms with Crippen molar-refractivity contribution < 1.29 is 22.7 Å². The zero-order valence-corrected chi connectivity index (χ0v) is 12.2. The highest BCUT2D eigenvalue weighted by Crippen LogP contribution is 2.30. The highest BCUT2D eigenvalue weighted by Gasteiger charge is 2.10. The van der Waals surface area contributed by atoms with Gasteiger partial charge in [-0.1, -0.05) is 18.2 Å². The molecule has 1 aromatic heterocycles. The first kappa shape index (κ1) is 15.0. The van der Waals surface area contributed by atoms with E-state index >= 15 is 0 Å². The fourth-order valence-electron chi connectivity index (χ4n) is 2.11. The average molecular weight is 317 g/mol. The van der Waals surface area contributed by atoms with Gasteiger partial charge in [-0.15, -0.1) is 0 Å². The molecule has 6 heteroatoms. The smallest absolute Gasteiger partial charge is 0.387 e. The SMILES string of the molecule is COc1cc(C=Cc2nc3ccccc3o2)ccc1OC(F)F. The lowest BCUT2D eigenvalue weighted by Gasteiger charge is -2.10. The van der Waals surface area contributed by atoms with E-state index in [-0.39, 0.29) is 11.5 Å². The summed E-state index contributed by atoms with van der Waals surface area (Å²) in [5, 5.41) is 0. The van der Waals surface area contributed by atoms with E-state index in [1.54, 1.807) is 24.3 Å². The Hall–Kier alpha value is -2.89. The maximum atomic E-state index is 12.3. The van der Waals surface area contributed by atoms with Crippen LogP contribution >= 0.6 is 0 Å². The molecule has 3 rings (SSSR count). The minimum Gasteiger partial charge on any atom is -0.493 e. The van der Waals surface area contributed by atoms with Gasteiger partial charge in [0.1, 0.15) is 5.52 Å². The van der Waals surface area contributed by atoms with Crippen molar-refractivity contribution in [2.45, 2.75) is 6.61 Å². The molecule has 0 N–H and O–H groups in total. The standard InChI is InChI=1S/C17H13F2NO3/c1-21-15-10-11(6-8-14(15)23-17(18)19)7-9-16-20-12-4-2-3-5-13(12)22-16/h2-10,17H,1H3. The van der Waals surface area contributed by atoms with Crippen LogP contribution in [0.4, 0.5) is 8.78 Å². The molecule has 0 spiro atoms. The monoisotopic (exact) mass is 317 g/mol. The van der Waals surface area contributed by atoms with Gasteiger partial charge in [-0.3, -0.25) is 0 Å². The molecule has 0 aliphatic carbocycles. The van der Waals surface area contributed by atoms with Crippen molar-refractivity contribution in [3.63, 3.8) is 0 Å². The molecule has 0 atom stereocenters. The van der Waals surface area contributed by atoms with Crippen molar-refractivity contribution in [2.24, 2.45) is 0 Å². The third-order valence-electron chi connectivity index (χ3n) is 3.13. The predicted octanol–water partition coefficient (Wildman–Crippen LogP) is 4.61. The Labute approximate surface area is 131 Å². The number of benzene rings is 2. The largest absolute Gasteiger partial charge is 0.493 e. The van der Waals surface area contributed by atoms with Gasteiger partial charge in [-0.2, -0.15) is 8.78 Å². The number of ether oxygens (including phenoxy) is 2. The second kappa shape index (κ2) is 6.48. The maximum absolute atomic E-state index is 12.3. The average Bonchev–Trinajstić information content (AvgIpc) is 2.96. The minimum absolute atomic E-state index is 0.0125. The number of fused-ring (bicyclic) bond motifs is 1. The molecule has 0 radical (unpaired) electrons. The number of alkyl halides is 2. The summed E-state index contributed by atoms with van der Waals surface area (Å²) in [4.78, 5) is 4.32. The first-order chi connectivity index (χ1) is 11.2. The Kier molecular flexibility index (Phi) is 4.23. The zero-order valence-electron chi connectivity index (χ0n) is 12.2. The number of halogens is 2. The van der Waals surface area contributed by atoms with E-state index in [4.69, 9.17) is 9.15 Å². The van der Waals surface area contributed by atoms with Crippen LogP contribution in [0.25, 0.3) is 23.3 Å². The highest BCUT2D eigenvalue weighted by atomic mass is 19.3. The molecule has 0 bridgehead atoms. The van der Waals surface area contributed by atoms with Gasteiger partial charge >= 0.3 is 6.61 Å². The normalized spacial score (nSPS) is 11.5. The number of para-hydroxylation sites is 2. The first-order valence-corrected chi connectivity index (χ1v) is 6.82. The van der Waals surface area contributed by atoms with E-state index in [9.17, 15) is 8.78 Å². The number of rotatable bonds is 5. The van der Waals surface area contributed by atoms with Gasteiger partial charge in [0.2, 0.25) is 5.89 Å². The molecule has 0 aliphatic rings. The number of hydrogen-bond donors (Lipinski definition) is 0. The Balaban J connectivity index is 1.84. The number of hydrogen-bond acceptors (Lipinski definition) is 4. The second-order valence-electron chi connectivity index (χ2n) is 4.64. The molecule has 0 unspecified atom stereocenters. The molecule has 0 amide bonds. The summed E-state index contributed by atoms with van der Waals surface area (Å²) in [5.74, 6) is 0.671. The van der Waals surface area contributed by atoms with Crippen molar-refractivity contribution in [1.82, 2.24) is 4.98 Å². The Bertz CT molecular complexity index is 810. The van der Waals surface area contributed by atoms with Crippen LogP contribution in [0, 0.1) is 0 Å². The van der Waals surface area contributed by atoms with Crippen molar-refractivity contribution in [3.8, 4) is 11.5 Å². The fourth-order valence-corrected chi connectivity index (χ4v) is 2.11. The molecule has 4 nitrogen and oxygen atoms in total. The van der Waals surface area contributed by atoms with Crippen molar-refractivity contribution in [2.75, 3.05) is 7.11 Å². The van der Waals surface area contributed by atoms with Gasteiger partial charge in [0.05, 0.1) is 7.11 Å². The van der Waals surface area contributed by atoms with E-state index in [1.807, 2.05) is 24.3 Å². The topological polar surface area (TPSA) is 44.5 Å². The third-order valence-corrected chi connectivity index (χ3v) is 3.13. The molecule has 23 heavy (non-hydrogen) atoms. The van der Waals surface area contributed by atoms with Gasteiger partial charge < -0.3 is 13.9 Å². The van der Waals surface area contributed by atoms with Crippen molar-refractivity contribution >= 4 is 23.3 Å². The lowest BCUT2D eigenvalue weighted by molar-refractivity contribution is -0.0512. The molecule has 118 valence electrons. The van der Waals surface area contributed by atoms with Gasteiger partial charge in [0.25, 0.3) is 0 Å². The summed E-state index contributed by atoms with van der Waals surface area (Å²) in [6.07, 6.45) is 3.45. The summed E-state index contributed by atoms with van der Waals surface area (Å²) < 4.78 is 39.6. The number of oxazole rings is 1. The lowest BCUT2D eigenvalue weighted by Crippen LogP contribution is -2.03. The van der Waals surface area contributed by atoms with Crippen LogP contribution in [-0.4, -0.2) is 18.7 Å². The van der Waals surface area contributed by atoms with Crippen LogP contribution in [0.3, 0.4) is 0 Å². The highest BCUT2D eigenvalue weighted by molar-refractivity contribution is 5.76. The van der Waals surface area contributed by atoms with E-state index < -0.39 is 6.61 Å². The van der Waals surface area contributed by atoms with Crippen LogP contribution in [0.15, 0.2) is 46.9 Å². The molecule has 0 saturated carbocycles. The predicted molar refractivity (Wildman–Crippen MR) is 82.6 cm³/mol. The van der Waals surface area contributed by atoms with Crippen molar-refractivity contribution in [1.29, 1.82) is 0 Å². The molecule has 3 aromatic rings. The summed E-state index contributed by atoms with van der Waals surface area (Å²) in [6.45, 7) is -2.90. The van der Waals surface area contributed by atoms with E-state index in [0.29, 0.717) is 11.5 Å². The van der Waals surface area contributed by atoms with Crippen molar-refractivity contribution in [3.05, 3.63) is 53.9 Å². The molecule has 0 saturated heterocycles. The van der Waals surface area contributed by atoms with Crippen LogP contribution < -0.4 is 9.47 Å². The van der Waals surface area contributed by atoms with Crippen LogP contribution in [-0.2, 0) is 0 Å². The van der Waals surface area contributed by atoms with Crippen LogP contribution in [0.1, 0.15) is 11.5 Å². The molecular formula is C17H13F2NO3. The fraction of sp³-hybridized carbons (Fsp3) is 0.118. The lowest BCUT2D eigenvalue weighted by atomic mass is 10.2. The van der Waals surface area contributed by atoms with Gasteiger partial charge in [-0.25, -0.2) is 4.98 Å². The summed E-state index contributed by atoms with van der Waals surface area (Å²) in [7, 11) is 1.39. The molecule has 0 fully saturated rings. The molecule has 0 aliphatic heterocycles. The summed E-state index contributed by atoms with van der Waals surface area (Å²) in [6, 6.07) is 12.1. The summed E-state index contributed by atoms with van der Waals surface area (Å²) in [5.41, 5.74) is 2.21. The molecule has 1 heterocycles. The maximum Gasteiger partial charge on any atom is 0.387 e. The molecule has 2 aromatic carbocycles. The first-order valence-electron chi connectivity index (χ1n) is 6.82. The quantitative estimate of drug-likeness (QED) is 0.689. The Morgan fingerprint density at radius 1 is 1.09 bits per heavy atom. The third kappa shape index (κ3) is 3.48. The molecular weight excluding hydrogens is 304 g/mol. The Morgan fingerprint density at radius 3 is 2.65 bits per heavy atom. The zero-order chi connectivity index (χ0) is 16.2. The van der Waals surface area contributed by atoms with E-state index in [0.717, 1.165) is 11.1 Å². The summed E-state index contributed by atoms with van der Waals surface area (Å²) >= 11 is 0. The minimum atomic E-state index is -2.90. The van der Waals surface area contributed by atoms with Crippen LogP contribution in [0.5, 0.6) is 11.5 Å². The van der Waals surface area contributed by atoms with E-state index in [2.05, 4.69) is 9.72 Å². The number of nitrogens with zero attached hydrogens (tertiary/aromatic N) is 1. The number of methoxy groups -OCH3 is 1. The Morgan fingerprint density at radius 2 is 1.91 bits per heavy atom. The second-order valence-corrected chi connectivity index (χ2v) is 4.64. The van der Waals surface area contributed by atoms with E-state index in [1.165, 1.54) is 13.2 Å². The van der Waals surface area contributed by atoms with Gasteiger partial charge in [0, 0.05) is 6.08 Å². The van der Waals surface area contributed by atoms with Gasteiger partial charge in [-0.05, 0) is 35.9 Å². The van der Waals surface area contributed by atoms with Crippen LogP contribution in [0.2, 0.25) is 0 Å².